The number of aryl methyl sites for hydroxylation is 3. The third-order valence-electron chi connectivity index (χ3n) is 3.73. The summed E-state index contributed by atoms with van der Waals surface area (Å²) >= 11 is 5.42. The molecule has 0 heterocycles. The number of hydrogen-bond donors (Lipinski definition) is 2. The maximum atomic E-state index is 5.42. The molecule has 2 rings (SSSR count). The zero-order chi connectivity index (χ0) is 15.9. The van der Waals surface area contributed by atoms with Gasteiger partial charge in [0.2, 0.25) is 0 Å². The van der Waals surface area contributed by atoms with E-state index in [1.54, 1.807) is 0 Å². The highest BCUT2D eigenvalue weighted by Gasteiger charge is 2.06. The van der Waals surface area contributed by atoms with E-state index in [2.05, 4.69) is 79.9 Å². The highest BCUT2D eigenvalue weighted by atomic mass is 32.1. The van der Waals surface area contributed by atoms with E-state index in [0.29, 0.717) is 11.2 Å². The quantitative estimate of drug-likeness (QED) is 0.788. The van der Waals surface area contributed by atoms with Gasteiger partial charge in [-0.25, -0.2) is 0 Å². The molecule has 0 fully saturated rings. The first-order valence-corrected chi connectivity index (χ1v) is 8.14. The zero-order valence-corrected chi connectivity index (χ0v) is 14.3. The number of rotatable bonds is 5. The van der Waals surface area contributed by atoms with Gasteiger partial charge < -0.3 is 10.6 Å². The second-order valence-corrected chi connectivity index (χ2v) is 6.25. The van der Waals surface area contributed by atoms with Crippen LogP contribution in [0.2, 0.25) is 0 Å². The predicted molar refractivity (Wildman–Crippen MR) is 99.5 cm³/mol. The Balaban J connectivity index is 1.82. The lowest BCUT2D eigenvalue weighted by Crippen LogP contribution is -2.36. The molecule has 0 spiro atoms. The van der Waals surface area contributed by atoms with Gasteiger partial charge in [-0.15, -0.1) is 0 Å². The van der Waals surface area contributed by atoms with Gasteiger partial charge in [0, 0.05) is 11.7 Å². The van der Waals surface area contributed by atoms with Crippen molar-refractivity contribution in [1.82, 2.24) is 5.32 Å². The van der Waals surface area contributed by atoms with Gasteiger partial charge in [-0.05, 0) is 68.6 Å². The second kappa shape index (κ2) is 7.95. The molecule has 2 N–H and O–H groups in total. The van der Waals surface area contributed by atoms with Gasteiger partial charge in [0.15, 0.2) is 5.11 Å². The van der Waals surface area contributed by atoms with Crippen molar-refractivity contribution < 1.29 is 0 Å². The van der Waals surface area contributed by atoms with E-state index in [1.807, 2.05) is 0 Å². The molecule has 0 aromatic heterocycles. The molecule has 0 aliphatic rings. The Bertz CT molecular complexity index is 623. The number of hydrogen-bond acceptors (Lipinski definition) is 1. The normalized spacial score (nSPS) is 11.8. The minimum absolute atomic E-state index is 0.338. The van der Waals surface area contributed by atoms with Crippen LogP contribution in [0.15, 0.2) is 48.5 Å². The van der Waals surface area contributed by atoms with Crippen molar-refractivity contribution in [2.24, 2.45) is 0 Å². The van der Waals surface area contributed by atoms with Crippen molar-refractivity contribution in [3.63, 3.8) is 0 Å². The molecule has 0 aliphatic heterocycles. The van der Waals surface area contributed by atoms with Crippen molar-refractivity contribution in [2.45, 2.75) is 39.7 Å². The second-order valence-electron chi connectivity index (χ2n) is 5.84. The Morgan fingerprint density at radius 3 is 2.55 bits per heavy atom. The fourth-order valence-corrected chi connectivity index (χ4v) is 2.66. The lowest BCUT2D eigenvalue weighted by atomic mass is 10.1. The molecule has 0 bridgehead atoms. The Morgan fingerprint density at radius 2 is 1.82 bits per heavy atom. The van der Waals surface area contributed by atoms with Gasteiger partial charge in [-0.1, -0.05) is 42.5 Å². The van der Waals surface area contributed by atoms with E-state index in [1.165, 1.54) is 16.7 Å². The van der Waals surface area contributed by atoms with Crippen LogP contribution in [0.1, 0.15) is 30.0 Å². The smallest absolute Gasteiger partial charge is 0.170 e. The molecule has 0 amide bonds. The Kier molecular flexibility index (Phi) is 5.96. The number of benzene rings is 2. The molecule has 0 radical (unpaired) electrons. The van der Waals surface area contributed by atoms with Crippen LogP contribution >= 0.6 is 12.2 Å². The summed E-state index contributed by atoms with van der Waals surface area (Å²) in [5, 5.41) is 7.36. The van der Waals surface area contributed by atoms with Crippen LogP contribution in [0, 0.1) is 13.8 Å². The van der Waals surface area contributed by atoms with Crippen LogP contribution in [0.25, 0.3) is 0 Å². The molecule has 3 heteroatoms. The summed E-state index contributed by atoms with van der Waals surface area (Å²) in [4.78, 5) is 0. The molecule has 2 aromatic rings. The predicted octanol–water partition coefficient (Wildman–Crippen LogP) is 4.61. The molecule has 0 saturated carbocycles. The molecule has 116 valence electrons. The van der Waals surface area contributed by atoms with Crippen LogP contribution in [0.3, 0.4) is 0 Å². The maximum absolute atomic E-state index is 5.42. The Labute approximate surface area is 139 Å². The summed E-state index contributed by atoms with van der Waals surface area (Å²) in [7, 11) is 0. The standard InChI is InChI=1S/C19H24N2S/c1-14-9-10-15(2)18(13-14)21-19(22)20-16(3)11-12-17-7-5-4-6-8-17/h4-10,13,16H,11-12H2,1-3H3,(H2,20,21,22)/t16-/m0/s1. The van der Waals surface area contributed by atoms with Crippen molar-refractivity contribution in [2.75, 3.05) is 5.32 Å². The van der Waals surface area contributed by atoms with Crippen molar-refractivity contribution >= 4 is 23.0 Å². The van der Waals surface area contributed by atoms with Gasteiger partial charge in [0.25, 0.3) is 0 Å². The van der Waals surface area contributed by atoms with E-state index in [-0.39, 0.29) is 0 Å². The lowest BCUT2D eigenvalue weighted by molar-refractivity contribution is 0.609. The summed E-state index contributed by atoms with van der Waals surface area (Å²) < 4.78 is 0. The van der Waals surface area contributed by atoms with Gasteiger partial charge in [-0.2, -0.15) is 0 Å². The monoisotopic (exact) mass is 312 g/mol. The first-order chi connectivity index (χ1) is 10.5. The fourth-order valence-electron chi connectivity index (χ4n) is 2.35. The average Bonchev–Trinajstić information content (AvgIpc) is 2.50. The SMILES string of the molecule is Cc1ccc(C)c(NC(=S)N[C@@H](C)CCc2ccccc2)c1. The van der Waals surface area contributed by atoms with Crippen molar-refractivity contribution in [3.8, 4) is 0 Å². The summed E-state index contributed by atoms with van der Waals surface area (Å²) in [5.74, 6) is 0. The molecular weight excluding hydrogens is 288 g/mol. The molecule has 2 nitrogen and oxygen atoms in total. The summed E-state index contributed by atoms with van der Waals surface area (Å²) in [6, 6.07) is 17.2. The van der Waals surface area contributed by atoms with Crippen LogP contribution in [0.5, 0.6) is 0 Å². The number of thiocarbonyl (C=S) groups is 1. The summed E-state index contributed by atoms with van der Waals surface area (Å²) in [5.41, 5.74) is 4.87. The molecule has 22 heavy (non-hydrogen) atoms. The van der Waals surface area contributed by atoms with Crippen molar-refractivity contribution in [3.05, 3.63) is 65.2 Å². The third-order valence-corrected chi connectivity index (χ3v) is 3.95. The van der Waals surface area contributed by atoms with E-state index >= 15 is 0 Å². The van der Waals surface area contributed by atoms with Crippen LogP contribution in [-0.2, 0) is 6.42 Å². The molecule has 0 unspecified atom stereocenters. The molecular formula is C19H24N2S. The molecule has 2 aromatic carbocycles. The highest BCUT2D eigenvalue weighted by molar-refractivity contribution is 7.80. The van der Waals surface area contributed by atoms with E-state index in [9.17, 15) is 0 Å². The maximum Gasteiger partial charge on any atom is 0.170 e. The average molecular weight is 312 g/mol. The molecule has 0 saturated heterocycles. The van der Waals surface area contributed by atoms with Crippen LogP contribution in [0.4, 0.5) is 5.69 Å². The minimum Gasteiger partial charge on any atom is -0.360 e. The minimum atomic E-state index is 0.338. The van der Waals surface area contributed by atoms with E-state index in [4.69, 9.17) is 12.2 Å². The van der Waals surface area contributed by atoms with Crippen molar-refractivity contribution in [1.29, 1.82) is 0 Å². The fraction of sp³-hybridized carbons (Fsp3) is 0.316. The molecule has 1 atom stereocenters. The Hall–Kier alpha value is -1.87. The topological polar surface area (TPSA) is 24.1 Å². The summed E-state index contributed by atoms with van der Waals surface area (Å²) in [6.45, 7) is 6.34. The van der Waals surface area contributed by atoms with Gasteiger partial charge in [-0.3, -0.25) is 0 Å². The van der Waals surface area contributed by atoms with Crippen LogP contribution in [-0.4, -0.2) is 11.2 Å². The Morgan fingerprint density at radius 1 is 1.09 bits per heavy atom. The van der Waals surface area contributed by atoms with Gasteiger partial charge >= 0.3 is 0 Å². The lowest BCUT2D eigenvalue weighted by Gasteiger charge is -2.18. The van der Waals surface area contributed by atoms with Gasteiger partial charge in [0.1, 0.15) is 0 Å². The third kappa shape index (κ3) is 5.15. The number of anilines is 1. The zero-order valence-electron chi connectivity index (χ0n) is 13.5. The highest BCUT2D eigenvalue weighted by Crippen LogP contribution is 2.16. The first kappa shape index (κ1) is 16.5. The summed E-state index contributed by atoms with van der Waals surface area (Å²) in [6.07, 6.45) is 2.11. The largest absolute Gasteiger partial charge is 0.360 e. The first-order valence-electron chi connectivity index (χ1n) is 7.73. The van der Waals surface area contributed by atoms with Crippen LogP contribution < -0.4 is 10.6 Å². The molecule has 0 aliphatic carbocycles. The van der Waals surface area contributed by atoms with E-state index < -0.39 is 0 Å². The van der Waals surface area contributed by atoms with E-state index in [0.717, 1.165) is 18.5 Å². The number of nitrogens with one attached hydrogen (secondary N) is 2. The van der Waals surface area contributed by atoms with Gasteiger partial charge in [0.05, 0.1) is 0 Å².